The van der Waals surface area contributed by atoms with E-state index in [9.17, 15) is 22.4 Å². The minimum atomic E-state index is -1.64. The lowest BCUT2D eigenvalue weighted by Gasteiger charge is -2.07. The van der Waals surface area contributed by atoms with Gasteiger partial charge in [0.15, 0.2) is 23.3 Å². The summed E-state index contributed by atoms with van der Waals surface area (Å²) in [5.74, 6) is -7.25. The Morgan fingerprint density at radius 1 is 1.11 bits per heavy atom. The lowest BCUT2D eigenvalue weighted by Crippen LogP contribution is -2.14. The van der Waals surface area contributed by atoms with Crippen LogP contribution in [0.15, 0.2) is 18.2 Å². The van der Waals surface area contributed by atoms with Gasteiger partial charge in [-0.25, -0.2) is 17.6 Å². The summed E-state index contributed by atoms with van der Waals surface area (Å²) in [7, 11) is 0. The van der Waals surface area contributed by atoms with Gasteiger partial charge in [-0.3, -0.25) is 4.79 Å². The maximum absolute atomic E-state index is 13.3. The summed E-state index contributed by atoms with van der Waals surface area (Å²) in [6.07, 6.45) is 0. The summed E-state index contributed by atoms with van der Waals surface area (Å²) in [4.78, 5) is 12.7. The van der Waals surface area contributed by atoms with Crippen LogP contribution in [0.3, 0.4) is 0 Å². The fourth-order valence-corrected chi connectivity index (χ4v) is 2.18. The van der Waals surface area contributed by atoms with Crippen LogP contribution in [-0.4, -0.2) is 5.91 Å². The monoisotopic (exact) mass is 289 g/mol. The highest BCUT2D eigenvalue weighted by molar-refractivity contribution is 7.14. The highest BCUT2D eigenvalue weighted by Gasteiger charge is 2.21. The summed E-state index contributed by atoms with van der Waals surface area (Å²) in [5, 5.41) is 1.83. The summed E-state index contributed by atoms with van der Waals surface area (Å²) in [6.45, 7) is 1.74. The Balaban J connectivity index is 2.36. The average Bonchev–Trinajstić information content (AvgIpc) is 2.79. The van der Waals surface area contributed by atoms with E-state index in [0.717, 1.165) is 16.2 Å². The van der Waals surface area contributed by atoms with Gasteiger partial charge in [-0.05, 0) is 19.1 Å². The number of hydrogen-bond donors (Lipinski definition) is 1. The molecule has 7 heteroatoms. The van der Waals surface area contributed by atoms with Crippen LogP contribution in [0.25, 0.3) is 0 Å². The van der Waals surface area contributed by atoms with Crippen LogP contribution in [0.4, 0.5) is 23.2 Å². The summed E-state index contributed by atoms with van der Waals surface area (Å²) in [5.41, 5.74) is -1.13. The molecule has 0 atom stereocenters. The van der Waals surface area contributed by atoms with Gasteiger partial charge >= 0.3 is 0 Å². The largest absolute Gasteiger partial charge is 0.316 e. The van der Waals surface area contributed by atoms with Gasteiger partial charge in [-0.2, -0.15) is 0 Å². The number of thiophene rings is 1. The van der Waals surface area contributed by atoms with E-state index in [1.54, 1.807) is 13.0 Å². The van der Waals surface area contributed by atoms with Crippen molar-refractivity contribution in [3.63, 3.8) is 0 Å². The predicted molar refractivity (Wildman–Crippen MR) is 63.3 cm³/mol. The highest BCUT2D eigenvalue weighted by atomic mass is 32.1. The standard InChI is InChI=1S/C12H7F4NOS/c1-5-2-3-8(19-5)12(18)17-11-9(15)6(13)4-7(14)10(11)16/h2-4H,1H3,(H,17,18). The van der Waals surface area contributed by atoms with E-state index in [-0.39, 0.29) is 10.9 Å². The zero-order valence-electron chi connectivity index (χ0n) is 9.56. The molecule has 1 amide bonds. The Morgan fingerprint density at radius 3 is 2.16 bits per heavy atom. The molecule has 0 aliphatic carbocycles. The molecule has 1 aromatic heterocycles. The van der Waals surface area contributed by atoms with Crippen LogP contribution in [0.5, 0.6) is 0 Å². The second-order valence-corrected chi connectivity index (χ2v) is 5.00. The van der Waals surface area contributed by atoms with E-state index in [1.165, 1.54) is 6.07 Å². The predicted octanol–water partition coefficient (Wildman–Crippen LogP) is 3.87. The molecular weight excluding hydrogens is 282 g/mol. The van der Waals surface area contributed by atoms with Crippen LogP contribution in [-0.2, 0) is 0 Å². The molecule has 2 rings (SSSR count). The van der Waals surface area contributed by atoms with Crippen molar-refractivity contribution in [2.24, 2.45) is 0 Å². The maximum atomic E-state index is 13.3. The molecule has 2 aromatic rings. The van der Waals surface area contributed by atoms with Crippen molar-refractivity contribution in [3.05, 3.63) is 51.2 Å². The van der Waals surface area contributed by atoms with Gasteiger partial charge in [0.25, 0.3) is 5.91 Å². The second-order valence-electron chi connectivity index (χ2n) is 3.71. The first-order valence-corrected chi connectivity index (χ1v) is 5.92. The summed E-state index contributed by atoms with van der Waals surface area (Å²) < 4.78 is 52.6. The summed E-state index contributed by atoms with van der Waals surface area (Å²) in [6, 6.07) is 3.16. The van der Waals surface area contributed by atoms with Crippen molar-refractivity contribution in [2.45, 2.75) is 6.92 Å². The van der Waals surface area contributed by atoms with Crippen LogP contribution in [0.1, 0.15) is 14.5 Å². The molecule has 0 bridgehead atoms. The van der Waals surface area contributed by atoms with Crippen molar-refractivity contribution in [1.29, 1.82) is 0 Å². The van der Waals surface area contributed by atoms with Crippen LogP contribution >= 0.6 is 11.3 Å². The van der Waals surface area contributed by atoms with Gasteiger partial charge in [0.2, 0.25) is 0 Å². The highest BCUT2D eigenvalue weighted by Crippen LogP contribution is 2.25. The molecule has 2 nitrogen and oxygen atoms in total. The third kappa shape index (κ3) is 2.60. The average molecular weight is 289 g/mol. The third-order valence-corrected chi connectivity index (χ3v) is 3.31. The quantitative estimate of drug-likeness (QED) is 0.660. The van der Waals surface area contributed by atoms with Gasteiger partial charge in [0.1, 0.15) is 5.69 Å². The van der Waals surface area contributed by atoms with E-state index < -0.39 is 34.9 Å². The lowest BCUT2D eigenvalue weighted by atomic mass is 10.2. The third-order valence-electron chi connectivity index (χ3n) is 2.31. The van der Waals surface area contributed by atoms with Gasteiger partial charge in [-0.1, -0.05) is 0 Å². The number of nitrogens with one attached hydrogen (secondary N) is 1. The number of benzene rings is 1. The number of anilines is 1. The molecule has 100 valence electrons. The normalized spacial score (nSPS) is 10.6. The molecule has 0 saturated heterocycles. The zero-order valence-corrected chi connectivity index (χ0v) is 10.4. The minimum Gasteiger partial charge on any atom is -0.316 e. The molecule has 0 saturated carbocycles. The maximum Gasteiger partial charge on any atom is 0.265 e. The zero-order chi connectivity index (χ0) is 14.2. The Bertz CT molecular complexity index is 627. The number of hydrogen-bond acceptors (Lipinski definition) is 2. The van der Waals surface area contributed by atoms with Crippen molar-refractivity contribution < 1.29 is 22.4 Å². The van der Waals surface area contributed by atoms with Gasteiger partial charge in [0.05, 0.1) is 4.88 Å². The van der Waals surface area contributed by atoms with Crippen LogP contribution < -0.4 is 5.32 Å². The molecular formula is C12H7F4NOS. The molecule has 1 heterocycles. The molecule has 0 unspecified atom stereocenters. The second kappa shape index (κ2) is 5.00. The Hall–Kier alpha value is -1.89. The van der Waals surface area contributed by atoms with Crippen LogP contribution in [0, 0.1) is 30.2 Å². The Kier molecular flexibility index (Phi) is 3.57. The molecule has 1 aromatic carbocycles. The van der Waals surface area contributed by atoms with Gasteiger partial charge < -0.3 is 5.32 Å². The van der Waals surface area contributed by atoms with E-state index in [2.05, 4.69) is 0 Å². The van der Waals surface area contributed by atoms with E-state index in [1.807, 2.05) is 5.32 Å². The minimum absolute atomic E-state index is 0.0790. The number of carbonyl (C=O) groups is 1. The van der Waals surface area contributed by atoms with Crippen molar-refractivity contribution >= 4 is 22.9 Å². The van der Waals surface area contributed by atoms with Crippen molar-refractivity contribution in [2.75, 3.05) is 5.32 Å². The Labute approximate surface area is 109 Å². The molecule has 19 heavy (non-hydrogen) atoms. The van der Waals surface area contributed by atoms with E-state index >= 15 is 0 Å². The first-order chi connectivity index (χ1) is 8.90. The van der Waals surface area contributed by atoms with Gasteiger partial charge in [0, 0.05) is 10.9 Å². The Morgan fingerprint density at radius 2 is 1.68 bits per heavy atom. The van der Waals surface area contributed by atoms with E-state index in [4.69, 9.17) is 0 Å². The van der Waals surface area contributed by atoms with Crippen molar-refractivity contribution in [3.8, 4) is 0 Å². The topological polar surface area (TPSA) is 29.1 Å². The fraction of sp³-hybridized carbons (Fsp3) is 0.0833. The number of amides is 1. The SMILES string of the molecule is Cc1ccc(C(=O)Nc2c(F)c(F)cc(F)c2F)s1. The van der Waals surface area contributed by atoms with Crippen molar-refractivity contribution in [1.82, 2.24) is 0 Å². The molecule has 0 radical (unpaired) electrons. The number of carbonyl (C=O) groups excluding carboxylic acids is 1. The number of halogens is 4. The van der Waals surface area contributed by atoms with Crippen LogP contribution in [0.2, 0.25) is 0 Å². The number of rotatable bonds is 2. The fourth-order valence-electron chi connectivity index (χ4n) is 1.41. The lowest BCUT2D eigenvalue weighted by molar-refractivity contribution is 0.102. The molecule has 0 aliphatic rings. The smallest absolute Gasteiger partial charge is 0.265 e. The molecule has 1 N–H and O–H groups in total. The molecule has 0 fully saturated rings. The first kappa shape index (κ1) is 13.5. The molecule has 0 aliphatic heterocycles. The molecule has 0 spiro atoms. The van der Waals surface area contributed by atoms with Gasteiger partial charge in [-0.15, -0.1) is 11.3 Å². The first-order valence-electron chi connectivity index (χ1n) is 5.11. The number of aryl methyl sites for hydroxylation is 1. The summed E-state index contributed by atoms with van der Waals surface area (Å²) >= 11 is 1.09. The van der Waals surface area contributed by atoms with E-state index in [0.29, 0.717) is 0 Å².